The minimum absolute atomic E-state index is 0.233. The maximum absolute atomic E-state index is 9.75. The van der Waals surface area contributed by atoms with Crippen LogP contribution in [-0.4, -0.2) is 4.57 Å². The second kappa shape index (κ2) is 14.4. The third-order valence-corrected chi connectivity index (χ3v) is 8.10. The topological polar surface area (TPSA) is 8.17 Å². The summed E-state index contributed by atoms with van der Waals surface area (Å²) < 4.78 is 332. The molecule has 56 heavy (non-hydrogen) atoms. The lowest BCUT2D eigenvalue weighted by atomic mass is 9.98. The quantitative estimate of drug-likeness (QED) is 0.150. The highest BCUT2D eigenvalue weighted by molar-refractivity contribution is 6.10. The molecule has 0 bridgehead atoms. The Morgan fingerprint density at radius 3 is 1.27 bits per heavy atom. The zero-order chi connectivity index (χ0) is 69.5. The van der Waals surface area contributed by atoms with Crippen LogP contribution in [0.1, 0.15) is 50.7 Å². The van der Waals surface area contributed by atoms with Gasteiger partial charge in [0.05, 0.1) is 61.8 Å². The fourth-order valence-electron chi connectivity index (χ4n) is 5.60. The van der Waals surface area contributed by atoms with Gasteiger partial charge in [0.25, 0.3) is 0 Å². The maximum atomic E-state index is 9.75. The van der Waals surface area contributed by atoms with Crippen LogP contribution in [0.4, 0.5) is 17.1 Å². The van der Waals surface area contributed by atoms with E-state index in [9.17, 15) is 20.6 Å². The van der Waals surface area contributed by atoms with Gasteiger partial charge < -0.3 is 9.47 Å². The molecule has 0 saturated heterocycles. The number of rotatable bonds is 8. The van der Waals surface area contributed by atoms with Crippen LogP contribution in [0.15, 0.2) is 230 Å². The summed E-state index contributed by atoms with van der Waals surface area (Å²) in [6, 6.07) is -39.0. The number of aromatic nitrogens is 1. The van der Waals surface area contributed by atoms with Crippen molar-refractivity contribution in [3.8, 4) is 50.2 Å². The maximum Gasteiger partial charge on any atom is 0.0645 e. The van der Waals surface area contributed by atoms with Gasteiger partial charge in [0.1, 0.15) is 0 Å². The largest absolute Gasteiger partial charge is 0.311 e. The van der Waals surface area contributed by atoms with Gasteiger partial charge in [-0.3, -0.25) is 0 Å². The molecule has 0 aliphatic heterocycles. The third kappa shape index (κ3) is 6.24. The number of benzene rings is 9. The van der Waals surface area contributed by atoms with E-state index in [1.165, 1.54) is 0 Å². The van der Waals surface area contributed by atoms with Crippen LogP contribution in [0.5, 0.6) is 0 Å². The van der Waals surface area contributed by atoms with Crippen molar-refractivity contribution in [2.45, 2.75) is 0 Å². The summed E-state index contributed by atoms with van der Waals surface area (Å²) in [7, 11) is 0. The summed E-state index contributed by atoms with van der Waals surface area (Å²) in [5, 5.41) is -1.36. The molecule has 10 rings (SSSR count). The Kier molecular flexibility index (Phi) is 3.17. The summed E-state index contributed by atoms with van der Waals surface area (Å²) >= 11 is 0. The first kappa shape index (κ1) is 12.3. The van der Waals surface area contributed by atoms with Crippen molar-refractivity contribution in [3.63, 3.8) is 0 Å². The Balaban J connectivity index is 1.34. The number of hydrogen-bond acceptors (Lipinski definition) is 1. The Labute approximate surface area is 379 Å². The van der Waals surface area contributed by atoms with Gasteiger partial charge in [-0.2, -0.15) is 0 Å². The van der Waals surface area contributed by atoms with Gasteiger partial charge in [-0.15, -0.1) is 0 Å². The van der Waals surface area contributed by atoms with Crippen LogP contribution in [-0.2, 0) is 0 Å². The fourth-order valence-corrected chi connectivity index (χ4v) is 5.60. The van der Waals surface area contributed by atoms with E-state index >= 15 is 0 Å². The molecule has 0 fully saturated rings. The van der Waals surface area contributed by atoms with E-state index in [1.807, 2.05) is 0 Å². The van der Waals surface area contributed by atoms with Gasteiger partial charge in [0.15, 0.2) is 0 Å². The van der Waals surface area contributed by atoms with E-state index in [0.717, 1.165) is 6.07 Å². The minimum atomic E-state index is -1.39. The summed E-state index contributed by atoms with van der Waals surface area (Å²) in [4.78, 5) is 0.233. The zero-order valence-corrected chi connectivity index (χ0v) is 28.0. The number of nitrogens with zero attached hydrogens (tertiary/aromatic N) is 2. The minimum Gasteiger partial charge on any atom is -0.311 e. The Hall–Kier alpha value is -7.42. The first-order valence-corrected chi connectivity index (χ1v) is 16.2. The van der Waals surface area contributed by atoms with Gasteiger partial charge in [0.2, 0.25) is 0 Å². The van der Waals surface area contributed by atoms with Gasteiger partial charge in [0, 0.05) is 33.5 Å². The molecule has 0 atom stereocenters. The molecule has 0 aliphatic carbocycles. The molecule has 0 N–H and O–H groups in total. The highest BCUT2D eigenvalue weighted by Crippen LogP contribution is 2.39. The molecule has 0 spiro atoms. The average Bonchev–Trinajstić information content (AvgIpc) is 1.62. The van der Waals surface area contributed by atoms with E-state index in [4.69, 9.17) is 30.2 Å². The predicted octanol–water partition coefficient (Wildman–Crippen LogP) is 14.9. The van der Waals surface area contributed by atoms with Crippen LogP contribution in [0.25, 0.3) is 72.0 Å². The molecule has 0 amide bonds. The van der Waals surface area contributed by atoms with Gasteiger partial charge in [-0.25, -0.2) is 0 Å². The molecule has 1 heterocycles. The molecule has 0 saturated carbocycles. The number of fused-ring (bicyclic) bond motifs is 3. The van der Waals surface area contributed by atoms with Crippen LogP contribution in [0.2, 0.25) is 0 Å². The van der Waals surface area contributed by atoms with Crippen LogP contribution in [0, 0.1) is 0 Å². The van der Waals surface area contributed by atoms with E-state index < -0.39 is 313 Å². The van der Waals surface area contributed by atoms with E-state index in [1.54, 1.807) is 0 Å². The Bertz CT molecular complexity index is 4950. The SMILES string of the molecule is [2H]c1c(-c2c([2H])c([2H])c([2H])c([2H])c2[2H])cc(-c2c([2H])c([2H])c(N(c3c([2H])c([2H])c(-c4c([2H])c([2H])c([2H])c([2H])c4[2H])c([2H])c3[2H])c3c([2H])c([2H])c(-c4c([2H])c([2H])c5c(c4[2H])c4c([2H])c([2H])c([2H])c([2H])c4n5-c4c([2H])c([2H])c([2H])c([2H])c4[2H])c([2H])c3[2H])c([2H])c2[2H])c([2H])c1[2H]. The monoisotopic (exact) mass is 752 g/mol. The molecule has 2 nitrogen and oxygen atoms in total. The number of para-hydroxylation sites is 2. The van der Waals surface area contributed by atoms with Crippen molar-refractivity contribution in [1.82, 2.24) is 4.57 Å². The zero-order valence-electron chi connectivity index (χ0n) is 65.0. The van der Waals surface area contributed by atoms with Gasteiger partial charge >= 0.3 is 0 Å². The number of hydrogen-bond donors (Lipinski definition) is 0. The summed E-state index contributed by atoms with van der Waals surface area (Å²) in [5.41, 5.74) is -12.8. The van der Waals surface area contributed by atoms with Crippen LogP contribution in [0.3, 0.4) is 0 Å². The fraction of sp³-hybridized carbons (Fsp3) is 0. The lowest BCUT2D eigenvalue weighted by molar-refractivity contribution is 1.18. The Morgan fingerprint density at radius 1 is 0.304 bits per heavy atom. The van der Waals surface area contributed by atoms with Crippen LogP contribution < -0.4 is 4.90 Å². The highest BCUT2D eigenvalue weighted by Gasteiger charge is 2.16. The molecular weight excluding hydrogens is 677 g/mol. The highest BCUT2D eigenvalue weighted by atomic mass is 15.1. The normalized spacial score (nSPS) is 20.5. The standard InChI is InChI=1S/C54H38N2/c1-4-13-39(14-5-1)41-23-30-48(31-24-41)55(49-32-25-42(26-33-49)45-18-12-17-44(37-45)40-15-6-2-7-16-40)50-34-27-43(28-35-50)46-29-36-54-52(38-46)51-21-10-11-22-53(51)56(54)47-19-8-3-9-20-47/h1-38H/i1D,2D,3D,4D,5D,6D,7D,8D,9D,10D,11D,12D,13D,14D,15D,16D,17D,18D,19D,20D,21D,22D,23D,24D,25D,26D,27D,28D,29D,30D,31D,32D,33D,34D,35D,36D,38D. The lowest BCUT2D eigenvalue weighted by Crippen LogP contribution is -2.09. The van der Waals surface area contributed by atoms with Gasteiger partial charge in [-0.05, 0) is 117 Å². The summed E-state index contributed by atoms with van der Waals surface area (Å²) in [6.07, 6.45) is 0. The first-order chi connectivity index (χ1) is 43.2. The van der Waals surface area contributed by atoms with E-state index in [-0.39, 0.29) is 4.90 Å². The summed E-state index contributed by atoms with van der Waals surface area (Å²) in [6.45, 7) is 0. The third-order valence-electron chi connectivity index (χ3n) is 8.10. The molecular formula is C54H38N2. The van der Waals surface area contributed by atoms with Crippen molar-refractivity contribution in [2.24, 2.45) is 0 Å². The molecule has 264 valence electrons. The molecule has 0 radical (unpaired) electrons. The summed E-state index contributed by atoms with van der Waals surface area (Å²) in [5.74, 6) is 0. The van der Waals surface area contributed by atoms with Crippen LogP contribution >= 0.6 is 0 Å². The molecule has 1 aromatic heterocycles. The predicted molar refractivity (Wildman–Crippen MR) is 237 cm³/mol. The van der Waals surface area contributed by atoms with Crippen molar-refractivity contribution in [3.05, 3.63) is 230 Å². The molecule has 0 aliphatic rings. The second-order valence-corrected chi connectivity index (χ2v) is 11.4. The van der Waals surface area contributed by atoms with E-state index in [2.05, 4.69) is 0 Å². The van der Waals surface area contributed by atoms with Crippen molar-refractivity contribution in [1.29, 1.82) is 0 Å². The molecule has 10 aromatic rings. The molecule has 0 unspecified atom stereocenters. The van der Waals surface area contributed by atoms with Gasteiger partial charge in [-0.1, -0.05) is 157 Å². The average molecular weight is 752 g/mol. The first-order valence-electron chi connectivity index (χ1n) is 34.7. The second-order valence-electron chi connectivity index (χ2n) is 11.4. The number of anilines is 3. The van der Waals surface area contributed by atoms with E-state index in [0.29, 0.717) is 4.57 Å². The smallest absolute Gasteiger partial charge is 0.0645 e. The Morgan fingerprint density at radius 2 is 0.696 bits per heavy atom. The van der Waals surface area contributed by atoms with Crippen molar-refractivity contribution >= 4 is 38.9 Å². The molecule has 2 heteroatoms. The van der Waals surface area contributed by atoms with Crippen molar-refractivity contribution < 1.29 is 50.7 Å². The lowest BCUT2D eigenvalue weighted by Gasteiger charge is -2.26. The molecule has 9 aromatic carbocycles. The van der Waals surface area contributed by atoms with Crippen molar-refractivity contribution in [2.75, 3.05) is 4.90 Å².